The highest BCUT2D eigenvalue weighted by atomic mass is 79.9. The van der Waals surface area contributed by atoms with Crippen LogP contribution in [0.15, 0.2) is 65.4 Å². The number of fused-ring (bicyclic) bond motifs is 1. The van der Waals surface area contributed by atoms with E-state index in [1.807, 2.05) is 31.2 Å². The molecule has 0 aliphatic carbocycles. The minimum absolute atomic E-state index is 0.126. The molecule has 0 unspecified atom stereocenters. The maximum Gasteiger partial charge on any atom is 0.254 e. The Morgan fingerprint density at radius 1 is 1.21 bits per heavy atom. The fraction of sp³-hybridized carbons (Fsp3) is 0.136. The van der Waals surface area contributed by atoms with E-state index in [4.69, 9.17) is 0 Å². The Morgan fingerprint density at radius 3 is 2.72 bits per heavy atom. The molecule has 1 atom stereocenters. The highest BCUT2D eigenvalue weighted by Crippen LogP contribution is 2.28. The van der Waals surface area contributed by atoms with Crippen molar-refractivity contribution in [3.8, 4) is 11.3 Å². The van der Waals surface area contributed by atoms with Crippen LogP contribution < -0.4 is 5.32 Å². The number of amides is 1. The number of carbonyl (C=O) groups excluding carboxylic acids is 1. The molecule has 0 spiro atoms. The Kier molecular flexibility index (Phi) is 5.40. The van der Waals surface area contributed by atoms with Gasteiger partial charge in [0.25, 0.3) is 5.91 Å². The zero-order chi connectivity index (χ0) is 20.4. The van der Waals surface area contributed by atoms with Crippen molar-refractivity contribution in [2.45, 2.75) is 19.4 Å². The van der Waals surface area contributed by atoms with Gasteiger partial charge in [-0.3, -0.25) is 14.9 Å². The van der Waals surface area contributed by atoms with E-state index in [-0.39, 0.29) is 17.8 Å². The zero-order valence-corrected chi connectivity index (χ0v) is 17.2. The Hall–Kier alpha value is -3.06. The van der Waals surface area contributed by atoms with Crippen LogP contribution in [0.1, 0.15) is 35.3 Å². The second-order valence-electron chi connectivity index (χ2n) is 6.68. The topological polar surface area (TPSA) is 70.7 Å². The smallest absolute Gasteiger partial charge is 0.254 e. The van der Waals surface area contributed by atoms with Crippen molar-refractivity contribution in [3.05, 3.63) is 82.3 Å². The van der Waals surface area contributed by atoms with Gasteiger partial charge in [-0.25, -0.2) is 4.39 Å². The molecule has 0 aliphatic rings. The van der Waals surface area contributed by atoms with Crippen molar-refractivity contribution < 1.29 is 9.18 Å². The van der Waals surface area contributed by atoms with Crippen LogP contribution in [-0.4, -0.2) is 21.1 Å². The average molecular weight is 453 g/mol. The van der Waals surface area contributed by atoms with Gasteiger partial charge < -0.3 is 5.32 Å². The Labute approximate surface area is 175 Å². The lowest BCUT2D eigenvalue weighted by atomic mass is 10.0. The number of hydrogen-bond acceptors (Lipinski definition) is 3. The molecule has 2 heterocycles. The average Bonchev–Trinajstić information content (AvgIpc) is 3.22. The number of benzene rings is 2. The molecule has 7 heteroatoms. The number of H-pyrrole nitrogens is 1. The molecule has 4 rings (SSSR count). The molecule has 2 aromatic heterocycles. The Balaban J connectivity index is 1.67. The summed E-state index contributed by atoms with van der Waals surface area (Å²) in [6, 6.07) is 13.8. The van der Waals surface area contributed by atoms with Gasteiger partial charge in [0.15, 0.2) is 0 Å². The summed E-state index contributed by atoms with van der Waals surface area (Å²) < 4.78 is 14.2. The van der Waals surface area contributed by atoms with Crippen molar-refractivity contribution in [2.75, 3.05) is 0 Å². The lowest BCUT2D eigenvalue weighted by molar-refractivity contribution is 0.0937. The SMILES string of the molecule is CC[C@H](NC(=O)c1cnc(-c2ccc(F)cc2)c2[nH]ncc12)c1cccc(Br)c1. The number of halogens is 2. The zero-order valence-electron chi connectivity index (χ0n) is 15.6. The van der Waals surface area contributed by atoms with Gasteiger partial charge in [0.2, 0.25) is 0 Å². The molecule has 0 saturated heterocycles. The maximum atomic E-state index is 13.2. The summed E-state index contributed by atoms with van der Waals surface area (Å²) in [6.07, 6.45) is 3.90. The first-order valence-electron chi connectivity index (χ1n) is 9.21. The van der Waals surface area contributed by atoms with Crippen molar-refractivity contribution >= 4 is 32.7 Å². The van der Waals surface area contributed by atoms with Gasteiger partial charge in [-0.2, -0.15) is 5.10 Å². The molecule has 0 bridgehead atoms. The predicted molar refractivity (Wildman–Crippen MR) is 114 cm³/mol. The second-order valence-corrected chi connectivity index (χ2v) is 7.59. The summed E-state index contributed by atoms with van der Waals surface area (Å²) in [5, 5.41) is 10.8. The van der Waals surface area contributed by atoms with Crippen LogP contribution in [0.4, 0.5) is 4.39 Å². The standard InChI is InChI=1S/C22H18BrFN4O/c1-2-19(14-4-3-5-15(23)10-14)27-22(29)18-11-25-20(21-17(18)12-26-28-21)13-6-8-16(24)9-7-13/h3-12,19H,2H2,1H3,(H,26,28)(H,27,29)/t19-/m0/s1. The van der Waals surface area contributed by atoms with Crippen molar-refractivity contribution in [1.82, 2.24) is 20.5 Å². The number of rotatable bonds is 5. The highest BCUT2D eigenvalue weighted by Gasteiger charge is 2.19. The summed E-state index contributed by atoms with van der Waals surface area (Å²) >= 11 is 3.47. The molecule has 5 nitrogen and oxygen atoms in total. The molecule has 2 N–H and O–H groups in total. The molecular formula is C22H18BrFN4O. The Bertz CT molecular complexity index is 1170. The van der Waals surface area contributed by atoms with Crippen LogP contribution in [0.3, 0.4) is 0 Å². The second kappa shape index (κ2) is 8.13. The number of nitrogens with one attached hydrogen (secondary N) is 2. The van der Waals surface area contributed by atoms with E-state index in [1.54, 1.807) is 24.5 Å². The molecule has 0 aliphatic heterocycles. The highest BCUT2D eigenvalue weighted by molar-refractivity contribution is 9.10. The van der Waals surface area contributed by atoms with Gasteiger partial charge in [-0.1, -0.05) is 35.0 Å². The fourth-order valence-corrected chi connectivity index (χ4v) is 3.74. The molecule has 146 valence electrons. The minimum Gasteiger partial charge on any atom is -0.345 e. The van der Waals surface area contributed by atoms with Gasteiger partial charge in [-0.15, -0.1) is 0 Å². The summed E-state index contributed by atoms with van der Waals surface area (Å²) in [4.78, 5) is 17.5. The largest absolute Gasteiger partial charge is 0.345 e. The molecule has 0 fully saturated rings. The number of nitrogens with zero attached hydrogens (tertiary/aromatic N) is 2. The van der Waals surface area contributed by atoms with Crippen LogP contribution >= 0.6 is 15.9 Å². The van der Waals surface area contributed by atoms with Gasteiger partial charge in [0.05, 0.1) is 29.0 Å². The number of carbonyl (C=O) groups is 1. The molecular weight excluding hydrogens is 435 g/mol. The van der Waals surface area contributed by atoms with Gasteiger partial charge in [0.1, 0.15) is 5.82 Å². The van der Waals surface area contributed by atoms with Crippen LogP contribution in [0.2, 0.25) is 0 Å². The first-order valence-corrected chi connectivity index (χ1v) is 10.0. The summed E-state index contributed by atoms with van der Waals surface area (Å²) in [5.41, 5.74) is 3.46. The number of hydrogen-bond donors (Lipinski definition) is 2. The molecule has 1 amide bonds. The minimum atomic E-state index is -0.316. The quantitative estimate of drug-likeness (QED) is 0.425. The monoisotopic (exact) mass is 452 g/mol. The van der Waals surface area contributed by atoms with E-state index in [9.17, 15) is 9.18 Å². The maximum absolute atomic E-state index is 13.2. The normalized spacial score (nSPS) is 12.1. The van der Waals surface area contributed by atoms with E-state index in [2.05, 4.69) is 36.4 Å². The number of aromatic nitrogens is 3. The lowest BCUT2D eigenvalue weighted by Gasteiger charge is -2.18. The van der Waals surface area contributed by atoms with Gasteiger partial charge >= 0.3 is 0 Å². The van der Waals surface area contributed by atoms with E-state index >= 15 is 0 Å². The summed E-state index contributed by atoms with van der Waals surface area (Å²) in [5.74, 6) is -0.537. The van der Waals surface area contributed by atoms with Crippen LogP contribution in [0.25, 0.3) is 22.2 Å². The third-order valence-electron chi connectivity index (χ3n) is 4.82. The van der Waals surface area contributed by atoms with Crippen LogP contribution in [0.5, 0.6) is 0 Å². The molecule has 29 heavy (non-hydrogen) atoms. The van der Waals surface area contributed by atoms with E-state index < -0.39 is 0 Å². The van der Waals surface area contributed by atoms with E-state index in [1.165, 1.54) is 12.1 Å². The fourth-order valence-electron chi connectivity index (χ4n) is 3.32. The van der Waals surface area contributed by atoms with Crippen molar-refractivity contribution in [3.63, 3.8) is 0 Å². The molecule has 0 radical (unpaired) electrons. The summed E-state index contributed by atoms with van der Waals surface area (Å²) in [6.45, 7) is 2.02. The van der Waals surface area contributed by atoms with Gasteiger partial charge in [-0.05, 0) is 48.4 Å². The van der Waals surface area contributed by atoms with E-state index in [0.29, 0.717) is 22.2 Å². The van der Waals surface area contributed by atoms with Crippen LogP contribution in [-0.2, 0) is 0 Å². The van der Waals surface area contributed by atoms with Crippen molar-refractivity contribution in [2.24, 2.45) is 0 Å². The third kappa shape index (κ3) is 3.91. The molecule has 0 saturated carbocycles. The van der Waals surface area contributed by atoms with E-state index in [0.717, 1.165) is 22.0 Å². The Morgan fingerprint density at radius 2 is 2.00 bits per heavy atom. The summed E-state index contributed by atoms with van der Waals surface area (Å²) in [7, 11) is 0. The number of pyridine rings is 1. The molecule has 4 aromatic rings. The van der Waals surface area contributed by atoms with Gasteiger partial charge in [0, 0.05) is 21.6 Å². The lowest BCUT2D eigenvalue weighted by Crippen LogP contribution is -2.28. The predicted octanol–water partition coefficient (Wildman–Crippen LogP) is 5.41. The molecule has 2 aromatic carbocycles. The van der Waals surface area contributed by atoms with Crippen LogP contribution in [0, 0.1) is 5.82 Å². The first-order chi connectivity index (χ1) is 14.1. The van der Waals surface area contributed by atoms with Crippen molar-refractivity contribution in [1.29, 1.82) is 0 Å². The number of aromatic amines is 1. The third-order valence-corrected chi connectivity index (χ3v) is 5.31. The first kappa shape index (κ1) is 19.3.